The van der Waals surface area contributed by atoms with Crippen molar-refractivity contribution in [3.8, 4) is 0 Å². The van der Waals surface area contributed by atoms with E-state index in [0.29, 0.717) is 13.0 Å². The lowest BCUT2D eigenvalue weighted by atomic mass is 9.71. The van der Waals surface area contributed by atoms with Crippen LogP contribution in [0.15, 0.2) is 18.3 Å². The summed E-state index contributed by atoms with van der Waals surface area (Å²) in [5.74, 6) is 1.08. The van der Waals surface area contributed by atoms with Crippen LogP contribution in [0.4, 0.5) is 11.5 Å². The molecule has 0 radical (unpaired) electrons. The van der Waals surface area contributed by atoms with E-state index in [1.165, 1.54) is 38.5 Å². The predicted octanol–water partition coefficient (Wildman–Crippen LogP) is 4.15. The summed E-state index contributed by atoms with van der Waals surface area (Å²) in [6.45, 7) is 2.77. The van der Waals surface area contributed by atoms with Crippen LogP contribution in [0.2, 0.25) is 0 Å². The van der Waals surface area contributed by atoms with Gasteiger partial charge in [-0.2, -0.15) is 0 Å². The number of rotatable bonds is 5. The van der Waals surface area contributed by atoms with E-state index in [-0.39, 0.29) is 36.1 Å². The van der Waals surface area contributed by atoms with Crippen molar-refractivity contribution in [2.24, 2.45) is 11.1 Å². The second kappa shape index (κ2) is 11.0. The zero-order chi connectivity index (χ0) is 16.8. The molecular weight excluding hydrogens is 371 g/mol. The second-order valence-electron chi connectivity index (χ2n) is 7.44. The molecule has 1 saturated carbocycles. The van der Waals surface area contributed by atoms with Gasteiger partial charge in [0, 0.05) is 19.5 Å². The zero-order valence-electron chi connectivity index (χ0n) is 15.4. The number of carbonyl (C=O) groups is 1. The SMILES string of the molecule is Cl.Cl.NCC1(CC(=O)Nc2ccc(N3CCCCC3)nc2)CCCCC1. The first kappa shape index (κ1) is 23.0. The highest BCUT2D eigenvalue weighted by atomic mass is 35.5. The van der Waals surface area contributed by atoms with E-state index in [1.807, 2.05) is 12.1 Å². The van der Waals surface area contributed by atoms with Gasteiger partial charge in [-0.3, -0.25) is 4.79 Å². The maximum Gasteiger partial charge on any atom is 0.225 e. The minimum atomic E-state index is 0. The number of aromatic nitrogens is 1. The first-order chi connectivity index (χ1) is 11.7. The molecule has 1 aliphatic carbocycles. The van der Waals surface area contributed by atoms with Crippen LogP contribution in [0.5, 0.6) is 0 Å². The van der Waals surface area contributed by atoms with Crippen molar-refractivity contribution in [3.63, 3.8) is 0 Å². The lowest BCUT2D eigenvalue weighted by Gasteiger charge is -2.35. The molecule has 0 unspecified atom stereocenters. The van der Waals surface area contributed by atoms with Gasteiger partial charge in [0.25, 0.3) is 0 Å². The average Bonchev–Trinajstić information content (AvgIpc) is 2.64. The molecule has 2 heterocycles. The molecule has 7 heteroatoms. The highest BCUT2D eigenvalue weighted by Gasteiger charge is 2.32. The number of carbonyl (C=O) groups excluding carboxylic acids is 1. The van der Waals surface area contributed by atoms with Gasteiger partial charge in [-0.25, -0.2) is 4.98 Å². The topological polar surface area (TPSA) is 71.2 Å². The molecule has 1 amide bonds. The third-order valence-electron chi connectivity index (χ3n) is 5.59. The standard InChI is InChI=1S/C19H30N4O.2ClH/c20-15-19(9-3-1-4-10-19)13-18(24)22-16-7-8-17(21-14-16)23-11-5-2-6-12-23;;/h7-8,14H,1-6,9-13,15,20H2,(H,22,24);2*1H. The minimum Gasteiger partial charge on any atom is -0.357 e. The molecule has 148 valence electrons. The fraction of sp³-hybridized carbons (Fsp3) is 0.684. The Balaban J connectivity index is 0.00000169. The van der Waals surface area contributed by atoms with Crippen LogP contribution in [0.25, 0.3) is 0 Å². The highest BCUT2D eigenvalue weighted by molar-refractivity contribution is 5.91. The van der Waals surface area contributed by atoms with E-state index < -0.39 is 0 Å². The van der Waals surface area contributed by atoms with Gasteiger partial charge in [0.15, 0.2) is 0 Å². The number of pyridine rings is 1. The molecule has 26 heavy (non-hydrogen) atoms. The van der Waals surface area contributed by atoms with Crippen molar-refractivity contribution >= 4 is 42.2 Å². The van der Waals surface area contributed by atoms with E-state index in [9.17, 15) is 4.79 Å². The molecule has 1 aliphatic heterocycles. The monoisotopic (exact) mass is 402 g/mol. The minimum absolute atomic E-state index is 0. The summed E-state index contributed by atoms with van der Waals surface area (Å²) >= 11 is 0. The number of nitrogens with zero attached hydrogens (tertiary/aromatic N) is 2. The number of halogens is 2. The largest absolute Gasteiger partial charge is 0.357 e. The molecular formula is C19H32Cl2N4O. The van der Waals surface area contributed by atoms with E-state index in [1.54, 1.807) is 6.20 Å². The van der Waals surface area contributed by atoms with Crippen molar-refractivity contribution in [1.82, 2.24) is 4.98 Å². The number of anilines is 2. The van der Waals surface area contributed by atoms with E-state index in [2.05, 4.69) is 15.2 Å². The Kier molecular flexibility index (Phi) is 9.69. The van der Waals surface area contributed by atoms with Crippen molar-refractivity contribution in [3.05, 3.63) is 18.3 Å². The molecule has 5 nitrogen and oxygen atoms in total. The molecule has 2 fully saturated rings. The fourth-order valence-corrected chi connectivity index (χ4v) is 4.07. The maximum atomic E-state index is 12.4. The van der Waals surface area contributed by atoms with Crippen molar-refractivity contribution in [2.75, 3.05) is 29.9 Å². The van der Waals surface area contributed by atoms with E-state index in [0.717, 1.165) is 37.4 Å². The molecule has 0 spiro atoms. The number of piperidine rings is 1. The first-order valence-electron chi connectivity index (χ1n) is 9.42. The summed E-state index contributed by atoms with van der Waals surface area (Å²) in [6, 6.07) is 3.98. The van der Waals surface area contributed by atoms with Gasteiger partial charge in [-0.1, -0.05) is 19.3 Å². The molecule has 1 aromatic rings. The second-order valence-corrected chi connectivity index (χ2v) is 7.44. The average molecular weight is 403 g/mol. The molecule has 2 aliphatic rings. The van der Waals surface area contributed by atoms with Gasteiger partial charge in [0.2, 0.25) is 5.91 Å². The summed E-state index contributed by atoms with van der Waals surface area (Å²) in [7, 11) is 0. The van der Waals surface area contributed by atoms with Gasteiger partial charge >= 0.3 is 0 Å². The Morgan fingerprint density at radius 1 is 1.08 bits per heavy atom. The molecule has 0 bridgehead atoms. The van der Waals surface area contributed by atoms with E-state index >= 15 is 0 Å². The van der Waals surface area contributed by atoms with Crippen LogP contribution < -0.4 is 16.0 Å². The number of nitrogens with one attached hydrogen (secondary N) is 1. The molecule has 1 saturated heterocycles. The Hall–Kier alpha value is -1.04. The Labute approximate surface area is 169 Å². The number of hydrogen-bond donors (Lipinski definition) is 2. The molecule has 0 aromatic carbocycles. The van der Waals surface area contributed by atoms with Crippen molar-refractivity contribution < 1.29 is 4.79 Å². The van der Waals surface area contributed by atoms with Gasteiger partial charge in [-0.15, -0.1) is 24.8 Å². The summed E-state index contributed by atoms with van der Waals surface area (Å²) in [4.78, 5) is 19.3. The van der Waals surface area contributed by atoms with Crippen molar-refractivity contribution in [1.29, 1.82) is 0 Å². The van der Waals surface area contributed by atoms with Crippen LogP contribution in [0.3, 0.4) is 0 Å². The first-order valence-corrected chi connectivity index (χ1v) is 9.42. The van der Waals surface area contributed by atoms with Crippen LogP contribution >= 0.6 is 24.8 Å². The van der Waals surface area contributed by atoms with Crippen LogP contribution in [-0.2, 0) is 4.79 Å². The third kappa shape index (κ3) is 6.00. The summed E-state index contributed by atoms with van der Waals surface area (Å²) in [5, 5.41) is 3.00. The zero-order valence-corrected chi connectivity index (χ0v) is 17.0. The van der Waals surface area contributed by atoms with Gasteiger partial charge in [0.1, 0.15) is 5.82 Å². The summed E-state index contributed by atoms with van der Waals surface area (Å²) in [6.07, 6.45) is 11.9. The quantitative estimate of drug-likeness (QED) is 0.775. The van der Waals surface area contributed by atoms with Gasteiger partial charge in [0.05, 0.1) is 11.9 Å². The number of hydrogen-bond acceptors (Lipinski definition) is 4. The number of nitrogens with two attached hydrogens (primary N) is 1. The summed E-state index contributed by atoms with van der Waals surface area (Å²) in [5.41, 5.74) is 6.77. The lowest BCUT2D eigenvalue weighted by molar-refractivity contribution is -0.118. The Morgan fingerprint density at radius 3 is 2.31 bits per heavy atom. The smallest absolute Gasteiger partial charge is 0.225 e. The van der Waals surface area contributed by atoms with Crippen LogP contribution in [0, 0.1) is 5.41 Å². The normalized spacial score (nSPS) is 19.0. The van der Waals surface area contributed by atoms with E-state index in [4.69, 9.17) is 5.73 Å². The molecule has 3 rings (SSSR count). The van der Waals surface area contributed by atoms with Gasteiger partial charge < -0.3 is 16.0 Å². The van der Waals surface area contributed by atoms with Crippen LogP contribution in [-0.4, -0.2) is 30.5 Å². The van der Waals surface area contributed by atoms with Gasteiger partial charge in [-0.05, 0) is 56.2 Å². The van der Waals surface area contributed by atoms with Crippen LogP contribution in [0.1, 0.15) is 57.8 Å². The third-order valence-corrected chi connectivity index (χ3v) is 5.59. The molecule has 0 atom stereocenters. The molecule has 3 N–H and O–H groups in total. The summed E-state index contributed by atoms with van der Waals surface area (Å²) < 4.78 is 0. The lowest BCUT2D eigenvalue weighted by Crippen LogP contribution is -2.36. The van der Waals surface area contributed by atoms with Crippen molar-refractivity contribution in [2.45, 2.75) is 57.8 Å². The number of amides is 1. The Morgan fingerprint density at radius 2 is 1.73 bits per heavy atom. The predicted molar refractivity (Wildman–Crippen MR) is 113 cm³/mol. The maximum absolute atomic E-state index is 12.4. The fourth-order valence-electron chi connectivity index (χ4n) is 4.07. The Bertz CT molecular complexity index is 541. The highest BCUT2D eigenvalue weighted by Crippen LogP contribution is 2.38. The molecule has 1 aromatic heterocycles.